The summed E-state index contributed by atoms with van der Waals surface area (Å²) in [6, 6.07) is 0. The van der Waals surface area contributed by atoms with E-state index in [4.69, 9.17) is 0 Å². The lowest BCUT2D eigenvalue weighted by molar-refractivity contribution is -0.119. The highest BCUT2D eigenvalue weighted by atomic mass is 16.1. The molecular weight excluding hydrogens is 266 g/mol. The van der Waals surface area contributed by atoms with Crippen LogP contribution in [0.15, 0.2) is 0 Å². The Hall–Kier alpha value is -1.56. The van der Waals surface area contributed by atoms with Gasteiger partial charge in [0.05, 0.1) is 12.2 Å². The molecular formula is C15H29N5O. The molecule has 0 unspecified atom stereocenters. The average molecular weight is 295 g/mol. The van der Waals surface area contributed by atoms with Crippen molar-refractivity contribution in [2.75, 3.05) is 31.6 Å². The van der Waals surface area contributed by atoms with E-state index in [1.54, 1.807) is 7.05 Å². The molecule has 0 atom stereocenters. The fourth-order valence-electron chi connectivity index (χ4n) is 2.46. The van der Waals surface area contributed by atoms with Crippen LogP contribution in [0.2, 0.25) is 0 Å². The standard InChI is InChI=1S/C15H29N5O/c1-6-8-17-10-13-12(3)18-19(5)15(13)20(9-7-2)11-14(21)16-4/h17H,6-11H2,1-5H3,(H,16,21). The normalized spacial score (nSPS) is 10.7. The maximum atomic E-state index is 11.8. The van der Waals surface area contributed by atoms with Crippen LogP contribution in [-0.4, -0.2) is 42.4 Å². The number of hydrogen-bond acceptors (Lipinski definition) is 4. The van der Waals surface area contributed by atoms with Crippen LogP contribution in [0.5, 0.6) is 0 Å². The number of aryl methyl sites for hydroxylation is 2. The molecule has 6 nitrogen and oxygen atoms in total. The van der Waals surface area contributed by atoms with Gasteiger partial charge in [0.25, 0.3) is 0 Å². The number of carbonyl (C=O) groups is 1. The Labute approximate surface area is 127 Å². The summed E-state index contributed by atoms with van der Waals surface area (Å²) in [7, 11) is 3.61. The third kappa shape index (κ3) is 4.74. The van der Waals surface area contributed by atoms with Crippen LogP contribution < -0.4 is 15.5 Å². The second kappa shape index (κ2) is 8.67. The number of hydrogen-bond donors (Lipinski definition) is 2. The van der Waals surface area contributed by atoms with Crippen molar-refractivity contribution in [1.82, 2.24) is 20.4 Å². The number of amides is 1. The van der Waals surface area contributed by atoms with E-state index >= 15 is 0 Å². The van der Waals surface area contributed by atoms with Crippen molar-refractivity contribution < 1.29 is 4.79 Å². The summed E-state index contributed by atoms with van der Waals surface area (Å²) >= 11 is 0. The molecule has 2 N–H and O–H groups in total. The number of likely N-dealkylation sites (N-methyl/N-ethyl adjacent to an activating group) is 1. The van der Waals surface area contributed by atoms with Crippen molar-refractivity contribution in [2.45, 2.75) is 40.2 Å². The molecule has 1 amide bonds. The van der Waals surface area contributed by atoms with E-state index in [0.29, 0.717) is 6.54 Å². The van der Waals surface area contributed by atoms with Crippen LogP contribution in [0.3, 0.4) is 0 Å². The number of anilines is 1. The maximum Gasteiger partial charge on any atom is 0.239 e. The fraction of sp³-hybridized carbons (Fsp3) is 0.733. The molecule has 1 aromatic heterocycles. The molecule has 0 saturated carbocycles. The highest BCUT2D eigenvalue weighted by Crippen LogP contribution is 2.23. The monoisotopic (exact) mass is 295 g/mol. The van der Waals surface area contributed by atoms with Crippen LogP contribution in [-0.2, 0) is 18.4 Å². The van der Waals surface area contributed by atoms with Crippen LogP contribution in [0.4, 0.5) is 5.82 Å². The smallest absolute Gasteiger partial charge is 0.239 e. The third-order valence-corrected chi connectivity index (χ3v) is 3.45. The summed E-state index contributed by atoms with van der Waals surface area (Å²) < 4.78 is 1.89. The summed E-state index contributed by atoms with van der Waals surface area (Å²) in [5, 5.41) is 10.7. The van der Waals surface area contributed by atoms with Gasteiger partial charge >= 0.3 is 0 Å². The van der Waals surface area contributed by atoms with Gasteiger partial charge in [-0.1, -0.05) is 13.8 Å². The van der Waals surface area contributed by atoms with E-state index < -0.39 is 0 Å². The first-order valence-corrected chi connectivity index (χ1v) is 7.73. The molecule has 0 aromatic carbocycles. The molecule has 0 aliphatic rings. The van der Waals surface area contributed by atoms with Crippen molar-refractivity contribution >= 4 is 11.7 Å². The number of aromatic nitrogens is 2. The minimum Gasteiger partial charge on any atom is -0.358 e. The van der Waals surface area contributed by atoms with Gasteiger partial charge in [0.1, 0.15) is 5.82 Å². The van der Waals surface area contributed by atoms with Gasteiger partial charge in [0.15, 0.2) is 0 Å². The summed E-state index contributed by atoms with van der Waals surface area (Å²) in [6.45, 7) is 9.27. The number of carbonyl (C=O) groups excluding carboxylic acids is 1. The lowest BCUT2D eigenvalue weighted by Gasteiger charge is -2.25. The van der Waals surface area contributed by atoms with E-state index in [1.165, 1.54) is 5.56 Å². The number of nitrogens with zero attached hydrogens (tertiary/aromatic N) is 3. The van der Waals surface area contributed by atoms with Crippen LogP contribution in [0.25, 0.3) is 0 Å². The molecule has 1 heterocycles. The number of rotatable bonds is 9. The molecule has 0 aliphatic heterocycles. The SMILES string of the molecule is CCCNCc1c(C)nn(C)c1N(CCC)CC(=O)NC. The van der Waals surface area contributed by atoms with Gasteiger partial charge in [-0.05, 0) is 26.3 Å². The largest absolute Gasteiger partial charge is 0.358 e. The Kier molecular flexibility index (Phi) is 7.22. The zero-order valence-corrected chi connectivity index (χ0v) is 14.0. The van der Waals surface area contributed by atoms with Gasteiger partial charge < -0.3 is 15.5 Å². The summed E-state index contributed by atoms with van der Waals surface area (Å²) in [4.78, 5) is 13.9. The van der Waals surface area contributed by atoms with E-state index in [2.05, 4.69) is 34.5 Å². The Morgan fingerprint density at radius 2 is 2.05 bits per heavy atom. The lowest BCUT2D eigenvalue weighted by atomic mass is 10.2. The topological polar surface area (TPSA) is 62.2 Å². The molecule has 0 bridgehead atoms. The molecule has 120 valence electrons. The van der Waals surface area contributed by atoms with Gasteiger partial charge in [0.2, 0.25) is 5.91 Å². The maximum absolute atomic E-state index is 11.8. The molecule has 0 saturated heterocycles. The minimum atomic E-state index is 0.0229. The lowest BCUT2D eigenvalue weighted by Crippen LogP contribution is -2.37. The first-order valence-electron chi connectivity index (χ1n) is 7.73. The van der Waals surface area contributed by atoms with Crippen molar-refractivity contribution in [3.05, 3.63) is 11.3 Å². The summed E-state index contributed by atoms with van der Waals surface area (Å²) in [6.07, 6.45) is 2.09. The number of nitrogens with one attached hydrogen (secondary N) is 2. The second-order valence-corrected chi connectivity index (χ2v) is 5.28. The zero-order chi connectivity index (χ0) is 15.8. The average Bonchev–Trinajstić information content (AvgIpc) is 2.73. The fourth-order valence-corrected chi connectivity index (χ4v) is 2.46. The third-order valence-electron chi connectivity index (χ3n) is 3.45. The highest BCUT2D eigenvalue weighted by molar-refractivity contribution is 5.81. The Morgan fingerprint density at radius 1 is 1.33 bits per heavy atom. The molecule has 0 fully saturated rings. The van der Waals surface area contributed by atoms with Crippen molar-refractivity contribution in [3.8, 4) is 0 Å². The van der Waals surface area contributed by atoms with E-state index in [1.807, 2.05) is 18.7 Å². The predicted octanol–water partition coefficient (Wildman–Crippen LogP) is 1.19. The van der Waals surface area contributed by atoms with Crippen molar-refractivity contribution in [1.29, 1.82) is 0 Å². The Morgan fingerprint density at radius 3 is 2.62 bits per heavy atom. The molecule has 21 heavy (non-hydrogen) atoms. The Bertz CT molecular complexity index is 455. The zero-order valence-electron chi connectivity index (χ0n) is 14.0. The summed E-state index contributed by atoms with van der Waals surface area (Å²) in [5.74, 6) is 1.07. The van der Waals surface area contributed by atoms with Crippen LogP contribution in [0, 0.1) is 6.92 Å². The van der Waals surface area contributed by atoms with Crippen LogP contribution in [0.1, 0.15) is 37.9 Å². The van der Waals surface area contributed by atoms with E-state index in [-0.39, 0.29) is 5.91 Å². The van der Waals surface area contributed by atoms with Gasteiger partial charge in [-0.15, -0.1) is 0 Å². The highest BCUT2D eigenvalue weighted by Gasteiger charge is 2.20. The molecule has 0 radical (unpaired) electrons. The van der Waals surface area contributed by atoms with E-state index in [0.717, 1.165) is 44.0 Å². The molecule has 6 heteroatoms. The van der Waals surface area contributed by atoms with Crippen molar-refractivity contribution in [3.63, 3.8) is 0 Å². The van der Waals surface area contributed by atoms with Gasteiger partial charge in [-0.2, -0.15) is 5.10 Å². The van der Waals surface area contributed by atoms with Crippen molar-refractivity contribution in [2.24, 2.45) is 7.05 Å². The van der Waals surface area contributed by atoms with Crippen LogP contribution >= 0.6 is 0 Å². The van der Waals surface area contributed by atoms with Gasteiger partial charge in [-0.25, -0.2) is 0 Å². The molecule has 0 spiro atoms. The quantitative estimate of drug-likeness (QED) is 0.672. The summed E-state index contributed by atoms with van der Waals surface area (Å²) in [5.41, 5.74) is 2.21. The first kappa shape index (κ1) is 17.5. The minimum absolute atomic E-state index is 0.0229. The molecule has 1 aromatic rings. The molecule has 0 aliphatic carbocycles. The van der Waals surface area contributed by atoms with Gasteiger partial charge in [0, 0.05) is 32.7 Å². The van der Waals surface area contributed by atoms with E-state index in [9.17, 15) is 4.79 Å². The van der Waals surface area contributed by atoms with Gasteiger partial charge in [-0.3, -0.25) is 9.48 Å². The molecule has 1 rings (SSSR count). The first-order chi connectivity index (χ1) is 10.0. The second-order valence-electron chi connectivity index (χ2n) is 5.28. The predicted molar refractivity (Wildman–Crippen MR) is 86.5 cm³/mol. The Balaban J connectivity index is 3.01.